The molecule has 0 unspecified atom stereocenters. The second-order valence-electron chi connectivity index (χ2n) is 3.68. The monoisotopic (exact) mass is 204 g/mol. The Bertz CT molecular complexity index is 340. The van der Waals surface area contributed by atoms with Crippen LogP contribution in [0, 0.1) is 0 Å². The maximum atomic E-state index is 5.42. The van der Waals surface area contributed by atoms with Crippen LogP contribution >= 0.6 is 0 Å². The molecule has 1 aliphatic rings. The topological polar surface area (TPSA) is 63.8 Å². The summed E-state index contributed by atoms with van der Waals surface area (Å²) in [6.45, 7) is 1.36. The SMILES string of the molecule is NCCNc1cc(C2CC=CC2)ncn1. The van der Waals surface area contributed by atoms with E-state index in [-0.39, 0.29) is 0 Å². The van der Waals surface area contributed by atoms with E-state index in [2.05, 4.69) is 27.4 Å². The first kappa shape index (κ1) is 10.1. The average molecular weight is 204 g/mol. The van der Waals surface area contributed by atoms with Crippen molar-refractivity contribution < 1.29 is 0 Å². The summed E-state index contributed by atoms with van der Waals surface area (Å²) >= 11 is 0. The normalized spacial score (nSPS) is 15.8. The van der Waals surface area contributed by atoms with Crippen molar-refractivity contribution in [2.75, 3.05) is 18.4 Å². The third-order valence-corrected chi connectivity index (χ3v) is 2.56. The van der Waals surface area contributed by atoms with Crippen molar-refractivity contribution in [3.05, 3.63) is 30.2 Å². The molecule has 80 valence electrons. The van der Waals surface area contributed by atoms with Crippen LogP contribution in [-0.4, -0.2) is 23.1 Å². The quantitative estimate of drug-likeness (QED) is 0.725. The van der Waals surface area contributed by atoms with Crippen LogP contribution in [0.4, 0.5) is 5.82 Å². The number of anilines is 1. The van der Waals surface area contributed by atoms with Crippen molar-refractivity contribution in [2.24, 2.45) is 5.73 Å². The maximum absolute atomic E-state index is 5.42. The molecule has 0 atom stereocenters. The molecule has 1 aromatic heterocycles. The molecule has 0 saturated carbocycles. The molecule has 0 spiro atoms. The smallest absolute Gasteiger partial charge is 0.129 e. The predicted molar refractivity (Wildman–Crippen MR) is 60.7 cm³/mol. The molecule has 0 fully saturated rings. The summed E-state index contributed by atoms with van der Waals surface area (Å²) in [6, 6.07) is 2.02. The summed E-state index contributed by atoms with van der Waals surface area (Å²) < 4.78 is 0. The highest BCUT2D eigenvalue weighted by Gasteiger charge is 2.14. The van der Waals surface area contributed by atoms with Crippen LogP contribution in [0.25, 0.3) is 0 Å². The van der Waals surface area contributed by atoms with Gasteiger partial charge in [0.2, 0.25) is 0 Å². The molecule has 1 aromatic rings. The van der Waals surface area contributed by atoms with Gasteiger partial charge in [-0.05, 0) is 12.8 Å². The minimum atomic E-state index is 0.534. The van der Waals surface area contributed by atoms with E-state index in [4.69, 9.17) is 5.73 Å². The van der Waals surface area contributed by atoms with Gasteiger partial charge in [0.25, 0.3) is 0 Å². The van der Waals surface area contributed by atoms with Gasteiger partial charge in [0, 0.05) is 30.8 Å². The molecule has 4 nitrogen and oxygen atoms in total. The Morgan fingerprint density at radius 3 is 2.87 bits per heavy atom. The second kappa shape index (κ2) is 4.89. The molecule has 0 amide bonds. The summed E-state index contributed by atoms with van der Waals surface area (Å²) in [7, 11) is 0. The molecular weight excluding hydrogens is 188 g/mol. The number of aromatic nitrogens is 2. The van der Waals surface area contributed by atoms with Crippen molar-refractivity contribution >= 4 is 5.82 Å². The second-order valence-corrected chi connectivity index (χ2v) is 3.68. The summed E-state index contributed by atoms with van der Waals surface area (Å²) in [5.41, 5.74) is 6.54. The molecular formula is C11H16N4. The fourth-order valence-corrected chi connectivity index (χ4v) is 1.75. The van der Waals surface area contributed by atoms with E-state index in [1.54, 1.807) is 6.33 Å². The minimum absolute atomic E-state index is 0.534. The largest absolute Gasteiger partial charge is 0.369 e. The highest BCUT2D eigenvalue weighted by molar-refractivity contribution is 5.36. The Balaban J connectivity index is 2.04. The molecule has 0 bridgehead atoms. The maximum Gasteiger partial charge on any atom is 0.129 e. The van der Waals surface area contributed by atoms with E-state index in [0.717, 1.165) is 30.9 Å². The van der Waals surface area contributed by atoms with Gasteiger partial charge < -0.3 is 11.1 Å². The van der Waals surface area contributed by atoms with Crippen LogP contribution in [-0.2, 0) is 0 Å². The first-order chi connectivity index (χ1) is 7.40. The number of hydrogen-bond acceptors (Lipinski definition) is 4. The van der Waals surface area contributed by atoms with Gasteiger partial charge in [-0.1, -0.05) is 12.2 Å². The minimum Gasteiger partial charge on any atom is -0.369 e. The highest BCUT2D eigenvalue weighted by atomic mass is 15.0. The Kier molecular flexibility index (Phi) is 3.29. The van der Waals surface area contributed by atoms with Gasteiger partial charge in [-0.25, -0.2) is 9.97 Å². The molecule has 1 heterocycles. The van der Waals surface area contributed by atoms with Gasteiger partial charge >= 0.3 is 0 Å². The van der Waals surface area contributed by atoms with Crippen LogP contribution in [0.1, 0.15) is 24.5 Å². The van der Waals surface area contributed by atoms with Crippen LogP contribution in [0.5, 0.6) is 0 Å². The lowest BCUT2D eigenvalue weighted by Crippen LogP contribution is -2.14. The Morgan fingerprint density at radius 2 is 2.13 bits per heavy atom. The number of nitrogens with two attached hydrogens (primary N) is 1. The van der Waals surface area contributed by atoms with Crippen LogP contribution < -0.4 is 11.1 Å². The fraction of sp³-hybridized carbons (Fsp3) is 0.455. The molecule has 0 saturated heterocycles. The summed E-state index contributed by atoms with van der Waals surface area (Å²) in [4.78, 5) is 8.46. The van der Waals surface area contributed by atoms with E-state index in [1.165, 1.54) is 0 Å². The first-order valence-corrected chi connectivity index (χ1v) is 5.31. The van der Waals surface area contributed by atoms with Gasteiger partial charge in [0.15, 0.2) is 0 Å². The molecule has 2 rings (SSSR count). The van der Waals surface area contributed by atoms with E-state index < -0.39 is 0 Å². The molecule has 0 aromatic carbocycles. The first-order valence-electron chi connectivity index (χ1n) is 5.31. The summed E-state index contributed by atoms with van der Waals surface area (Å²) in [5, 5.41) is 3.16. The van der Waals surface area contributed by atoms with Crippen LogP contribution in [0.15, 0.2) is 24.5 Å². The van der Waals surface area contributed by atoms with E-state index in [0.29, 0.717) is 12.5 Å². The lowest BCUT2D eigenvalue weighted by atomic mass is 10.0. The van der Waals surface area contributed by atoms with Gasteiger partial charge in [0.1, 0.15) is 12.1 Å². The van der Waals surface area contributed by atoms with E-state index in [9.17, 15) is 0 Å². The average Bonchev–Trinajstić information content (AvgIpc) is 2.80. The van der Waals surface area contributed by atoms with Gasteiger partial charge in [-0.3, -0.25) is 0 Å². The third-order valence-electron chi connectivity index (χ3n) is 2.56. The van der Waals surface area contributed by atoms with Gasteiger partial charge in [-0.15, -0.1) is 0 Å². The van der Waals surface area contributed by atoms with Gasteiger partial charge in [0.05, 0.1) is 0 Å². The zero-order chi connectivity index (χ0) is 10.5. The lowest BCUT2D eigenvalue weighted by molar-refractivity contribution is 0.720. The number of allylic oxidation sites excluding steroid dienone is 2. The molecule has 4 heteroatoms. The molecule has 0 radical (unpaired) electrons. The summed E-state index contributed by atoms with van der Waals surface area (Å²) in [6.07, 6.45) is 8.21. The zero-order valence-electron chi connectivity index (χ0n) is 8.69. The number of rotatable bonds is 4. The third kappa shape index (κ3) is 2.53. The summed E-state index contributed by atoms with van der Waals surface area (Å²) in [5.74, 6) is 1.41. The number of nitrogens with one attached hydrogen (secondary N) is 1. The van der Waals surface area contributed by atoms with Crippen molar-refractivity contribution in [1.82, 2.24) is 9.97 Å². The van der Waals surface area contributed by atoms with Crippen LogP contribution in [0.3, 0.4) is 0 Å². The standard InChI is InChI=1S/C11H16N4/c12-5-6-13-11-7-10(14-8-15-11)9-3-1-2-4-9/h1-2,7-9H,3-6,12H2,(H,13,14,15). The van der Waals surface area contributed by atoms with Crippen molar-refractivity contribution in [2.45, 2.75) is 18.8 Å². The molecule has 3 N–H and O–H groups in total. The van der Waals surface area contributed by atoms with Crippen molar-refractivity contribution in [1.29, 1.82) is 0 Å². The lowest BCUT2D eigenvalue weighted by Gasteiger charge is -2.10. The predicted octanol–water partition coefficient (Wildman–Crippen LogP) is 1.28. The fourth-order valence-electron chi connectivity index (χ4n) is 1.75. The van der Waals surface area contributed by atoms with Crippen molar-refractivity contribution in [3.8, 4) is 0 Å². The number of hydrogen-bond donors (Lipinski definition) is 2. The van der Waals surface area contributed by atoms with Crippen LogP contribution in [0.2, 0.25) is 0 Å². The van der Waals surface area contributed by atoms with Gasteiger partial charge in [-0.2, -0.15) is 0 Å². The highest BCUT2D eigenvalue weighted by Crippen LogP contribution is 2.28. The van der Waals surface area contributed by atoms with E-state index >= 15 is 0 Å². The Morgan fingerprint density at radius 1 is 1.33 bits per heavy atom. The molecule has 0 aliphatic heterocycles. The van der Waals surface area contributed by atoms with E-state index in [1.807, 2.05) is 6.07 Å². The Hall–Kier alpha value is -1.42. The van der Waals surface area contributed by atoms with Crippen molar-refractivity contribution in [3.63, 3.8) is 0 Å². The molecule has 15 heavy (non-hydrogen) atoms. The zero-order valence-corrected chi connectivity index (χ0v) is 8.69. The molecule has 1 aliphatic carbocycles. The number of nitrogens with zero attached hydrogens (tertiary/aromatic N) is 2. The Labute approximate surface area is 89.6 Å².